The van der Waals surface area contributed by atoms with Crippen molar-refractivity contribution < 1.29 is 23.5 Å². The molecule has 29 heavy (non-hydrogen) atoms. The number of nitrogens with zero attached hydrogens (tertiary/aromatic N) is 1. The minimum Gasteiger partial charge on any atom is -0.452 e. The summed E-state index contributed by atoms with van der Waals surface area (Å²) in [5, 5.41) is 3.04. The van der Waals surface area contributed by atoms with Crippen LogP contribution in [0.15, 0.2) is 48.5 Å². The molecule has 0 aromatic heterocycles. The minimum atomic E-state index is -1.08. The Kier molecular flexibility index (Phi) is 6.49. The number of hydrogen-bond donors (Lipinski definition) is 1. The van der Waals surface area contributed by atoms with E-state index in [-0.39, 0.29) is 24.6 Å². The molecule has 2 amide bonds. The second-order valence-corrected chi connectivity index (χ2v) is 7.25. The Labute approximate surface area is 172 Å². The van der Waals surface area contributed by atoms with Crippen LogP contribution in [-0.4, -0.2) is 35.3 Å². The summed E-state index contributed by atoms with van der Waals surface area (Å²) in [4.78, 5) is 38.4. The number of rotatable bonds is 6. The van der Waals surface area contributed by atoms with Crippen molar-refractivity contribution in [3.05, 3.63) is 64.9 Å². The van der Waals surface area contributed by atoms with Crippen molar-refractivity contribution >= 4 is 35.1 Å². The number of carbonyl (C=O) groups excluding carboxylic acids is 3. The van der Waals surface area contributed by atoms with Crippen LogP contribution < -0.4 is 5.32 Å². The van der Waals surface area contributed by atoms with Gasteiger partial charge in [-0.05, 0) is 36.8 Å². The lowest BCUT2D eigenvalue weighted by Crippen LogP contribution is -2.33. The SMILES string of the molecule is C[C@@H](OC(=O)[C@H]1CC(=O)N(Cc2ccccc2Cl)C1)C(=O)Nc1cccc(F)c1. The van der Waals surface area contributed by atoms with Gasteiger partial charge in [-0.25, -0.2) is 4.39 Å². The molecule has 6 nitrogen and oxygen atoms in total. The number of amides is 2. The summed E-state index contributed by atoms with van der Waals surface area (Å²) in [5.41, 5.74) is 1.05. The Morgan fingerprint density at radius 2 is 2.03 bits per heavy atom. The fraction of sp³-hybridized carbons (Fsp3) is 0.286. The molecule has 1 heterocycles. The Balaban J connectivity index is 1.54. The second-order valence-electron chi connectivity index (χ2n) is 6.85. The van der Waals surface area contributed by atoms with Gasteiger partial charge in [0.05, 0.1) is 5.92 Å². The molecule has 8 heteroatoms. The van der Waals surface area contributed by atoms with Crippen molar-refractivity contribution in [1.82, 2.24) is 4.90 Å². The van der Waals surface area contributed by atoms with E-state index in [1.807, 2.05) is 12.1 Å². The second kappa shape index (κ2) is 9.05. The van der Waals surface area contributed by atoms with Crippen molar-refractivity contribution in [1.29, 1.82) is 0 Å². The van der Waals surface area contributed by atoms with E-state index in [0.717, 1.165) is 11.6 Å². The molecule has 0 saturated carbocycles. The number of carbonyl (C=O) groups is 3. The van der Waals surface area contributed by atoms with Crippen molar-refractivity contribution in [3.8, 4) is 0 Å². The fourth-order valence-corrected chi connectivity index (χ4v) is 3.24. The third kappa shape index (κ3) is 5.32. The normalized spacial score (nSPS) is 17.1. The van der Waals surface area contributed by atoms with Crippen molar-refractivity contribution in [2.24, 2.45) is 5.92 Å². The fourth-order valence-electron chi connectivity index (χ4n) is 3.05. The molecule has 0 aliphatic carbocycles. The molecule has 152 valence electrons. The van der Waals surface area contributed by atoms with Crippen LogP contribution >= 0.6 is 11.6 Å². The molecule has 1 aliphatic rings. The Bertz CT molecular complexity index is 936. The average molecular weight is 419 g/mol. The number of likely N-dealkylation sites (tertiary alicyclic amines) is 1. The van der Waals surface area contributed by atoms with E-state index in [1.165, 1.54) is 25.1 Å². The largest absolute Gasteiger partial charge is 0.452 e. The molecule has 1 fully saturated rings. The van der Waals surface area contributed by atoms with E-state index in [9.17, 15) is 18.8 Å². The van der Waals surface area contributed by atoms with Gasteiger partial charge in [0.2, 0.25) is 5.91 Å². The molecule has 1 aliphatic heterocycles. The van der Waals surface area contributed by atoms with Gasteiger partial charge >= 0.3 is 5.97 Å². The van der Waals surface area contributed by atoms with Crippen molar-refractivity contribution in [3.63, 3.8) is 0 Å². The summed E-state index contributed by atoms with van der Waals surface area (Å²) in [5.74, 6) is -2.53. The van der Waals surface area contributed by atoms with Gasteiger partial charge in [0, 0.05) is 30.2 Å². The van der Waals surface area contributed by atoms with Crippen LogP contribution in [0.4, 0.5) is 10.1 Å². The molecule has 3 rings (SSSR count). The van der Waals surface area contributed by atoms with Gasteiger partial charge in [-0.1, -0.05) is 35.9 Å². The molecule has 1 saturated heterocycles. The van der Waals surface area contributed by atoms with Crippen LogP contribution in [0.2, 0.25) is 5.02 Å². The number of ether oxygens (including phenoxy) is 1. The van der Waals surface area contributed by atoms with Crippen LogP contribution in [0.3, 0.4) is 0 Å². The van der Waals surface area contributed by atoms with E-state index in [2.05, 4.69) is 5.32 Å². The Hall–Kier alpha value is -2.93. The highest BCUT2D eigenvalue weighted by molar-refractivity contribution is 6.31. The molecule has 0 radical (unpaired) electrons. The molecular weight excluding hydrogens is 399 g/mol. The standard InChI is InChI=1S/C21H20ClFN2O4/c1-13(20(27)24-17-7-4-6-16(23)10-17)29-21(28)15-9-19(26)25(12-15)11-14-5-2-3-8-18(14)22/h2-8,10,13,15H,9,11-12H2,1H3,(H,24,27)/t13-,15+/m1/s1. The molecular formula is C21H20ClFN2O4. The molecule has 2 atom stereocenters. The quantitative estimate of drug-likeness (QED) is 0.729. The third-order valence-electron chi connectivity index (χ3n) is 4.62. The number of esters is 1. The average Bonchev–Trinajstić information content (AvgIpc) is 3.04. The lowest BCUT2D eigenvalue weighted by molar-refractivity contribution is -0.157. The highest BCUT2D eigenvalue weighted by atomic mass is 35.5. The van der Waals surface area contributed by atoms with Crippen LogP contribution in [0.5, 0.6) is 0 Å². The third-order valence-corrected chi connectivity index (χ3v) is 4.99. The molecule has 0 bridgehead atoms. The first-order valence-corrected chi connectivity index (χ1v) is 9.49. The molecule has 0 spiro atoms. The monoisotopic (exact) mass is 418 g/mol. The maximum Gasteiger partial charge on any atom is 0.312 e. The minimum absolute atomic E-state index is 0.0154. The maximum absolute atomic E-state index is 13.2. The highest BCUT2D eigenvalue weighted by Gasteiger charge is 2.36. The lowest BCUT2D eigenvalue weighted by Gasteiger charge is -2.18. The van der Waals surface area contributed by atoms with Gasteiger partial charge in [0.1, 0.15) is 5.82 Å². The Morgan fingerprint density at radius 1 is 1.28 bits per heavy atom. The van der Waals surface area contributed by atoms with E-state index in [1.54, 1.807) is 17.0 Å². The summed E-state index contributed by atoms with van der Waals surface area (Å²) in [6.07, 6.45) is -1.07. The summed E-state index contributed by atoms with van der Waals surface area (Å²) >= 11 is 6.13. The zero-order chi connectivity index (χ0) is 21.0. The first-order valence-electron chi connectivity index (χ1n) is 9.11. The number of nitrogens with one attached hydrogen (secondary N) is 1. The summed E-state index contributed by atoms with van der Waals surface area (Å²) < 4.78 is 18.4. The van der Waals surface area contributed by atoms with E-state index >= 15 is 0 Å². The van der Waals surface area contributed by atoms with Gasteiger partial charge in [-0.15, -0.1) is 0 Å². The van der Waals surface area contributed by atoms with Gasteiger partial charge in [0.15, 0.2) is 6.10 Å². The van der Waals surface area contributed by atoms with Crippen LogP contribution in [0.1, 0.15) is 18.9 Å². The van der Waals surface area contributed by atoms with Gasteiger partial charge in [-0.2, -0.15) is 0 Å². The Morgan fingerprint density at radius 3 is 2.76 bits per heavy atom. The number of hydrogen-bond acceptors (Lipinski definition) is 4. The molecule has 0 unspecified atom stereocenters. The summed E-state index contributed by atoms with van der Waals surface area (Å²) in [7, 11) is 0. The maximum atomic E-state index is 13.2. The van der Waals surface area contributed by atoms with Crippen molar-refractivity contribution in [2.75, 3.05) is 11.9 Å². The zero-order valence-electron chi connectivity index (χ0n) is 15.7. The van der Waals surface area contributed by atoms with Crippen LogP contribution in [0, 0.1) is 11.7 Å². The topological polar surface area (TPSA) is 75.7 Å². The predicted octanol–water partition coefficient (Wildman–Crippen LogP) is 3.40. The first-order chi connectivity index (χ1) is 13.8. The van der Waals surface area contributed by atoms with Gasteiger partial charge in [0.25, 0.3) is 5.91 Å². The van der Waals surface area contributed by atoms with E-state index in [4.69, 9.17) is 16.3 Å². The zero-order valence-corrected chi connectivity index (χ0v) is 16.5. The number of benzene rings is 2. The van der Waals surface area contributed by atoms with Crippen LogP contribution in [0.25, 0.3) is 0 Å². The van der Waals surface area contributed by atoms with E-state index in [0.29, 0.717) is 11.6 Å². The summed E-state index contributed by atoms with van der Waals surface area (Å²) in [6, 6.07) is 12.6. The van der Waals surface area contributed by atoms with Gasteiger partial charge < -0.3 is 15.0 Å². The smallest absolute Gasteiger partial charge is 0.312 e. The highest BCUT2D eigenvalue weighted by Crippen LogP contribution is 2.24. The first kappa shape index (κ1) is 20.8. The number of anilines is 1. The lowest BCUT2D eigenvalue weighted by atomic mass is 10.1. The van der Waals surface area contributed by atoms with Crippen molar-refractivity contribution in [2.45, 2.75) is 26.0 Å². The molecule has 2 aromatic rings. The van der Waals surface area contributed by atoms with Crippen LogP contribution in [-0.2, 0) is 25.7 Å². The van der Waals surface area contributed by atoms with Gasteiger partial charge in [-0.3, -0.25) is 14.4 Å². The summed E-state index contributed by atoms with van der Waals surface area (Å²) in [6.45, 7) is 1.92. The molecule has 2 aromatic carbocycles. The van der Waals surface area contributed by atoms with E-state index < -0.39 is 29.7 Å². The molecule has 1 N–H and O–H groups in total. The number of halogens is 2. The predicted molar refractivity (Wildman–Crippen MR) is 106 cm³/mol.